The molecule has 0 unspecified atom stereocenters. The fourth-order valence-corrected chi connectivity index (χ4v) is 1.96. The number of likely N-dealkylation sites (N-methyl/N-ethyl adjacent to an activating group) is 1. The van der Waals surface area contributed by atoms with Gasteiger partial charge in [-0.15, -0.1) is 0 Å². The Balaban J connectivity index is 2.64. The second-order valence-electron chi connectivity index (χ2n) is 6.62. The molecule has 1 heterocycles. The van der Waals surface area contributed by atoms with Crippen LogP contribution in [0.5, 0.6) is 0 Å². The first-order valence-electron chi connectivity index (χ1n) is 7.44. The van der Waals surface area contributed by atoms with Crippen molar-refractivity contribution in [1.29, 1.82) is 0 Å². The zero-order chi connectivity index (χ0) is 16.0. The van der Waals surface area contributed by atoms with Gasteiger partial charge in [-0.1, -0.05) is 0 Å². The molecule has 0 saturated carbocycles. The molecule has 1 rings (SSSR count). The van der Waals surface area contributed by atoms with E-state index < -0.39 is 0 Å². The number of nitrogens with zero attached hydrogens (tertiary/aromatic N) is 2. The number of carbonyl (C=O) groups is 1. The Hall–Kier alpha value is -1.33. The molecule has 5 nitrogen and oxygen atoms in total. The second-order valence-corrected chi connectivity index (χ2v) is 6.62. The predicted octanol–water partition coefficient (Wildman–Crippen LogP) is 2.00. The summed E-state index contributed by atoms with van der Waals surface area (Å²) in [6.45, 7) is 7.84. The van der Waals surface area contributed by atoms with Gasteiger partial charge in [0.05, 0.1) is 6.54 Å². The number of hydrogen-bond acceptors (Lipinski definition) is 4. The van der Waals surface area contributed by atoms with Crippen molar-refractivity contribution in [3.8, 4) is 0 Å². The average molecular weight is 295 g/mol. The van der Waals surface area contributed by atoms with E-state index in [4.69, 9.17) is 10.2 Å². The standard InChI is InChI=1S/C16H29N3O2/c1-13-6-7-14(21-13)12-19(11-10-18(4)5)15(20)8-9-16(2,3)17/h6-7H,8-12,17H2,1-5H3. The summed E-state index contributed by atoms with van der Waals surface area (Å²) in [6, 6.07) is 3.85. The molecule has 1 aromatic rings. The molecule has 0 aliphatic rings. The molecule has 1 aromatic heterocycles. The predicted molar refractivity (Wildman–Crippen MR) is 84.9 cm³/mol. The minimum absolute atomic E-state index is 0.129. The Bertz CT molecular complexity index is 447. The Morgan fingerprint density at radius 3 is 2.43 bits per heavy atom. The maximum Gasteiger partial charge on any atom is 0.223 e. The molecule has 120 valence electrons. The van der Waals surface area contributed by atoms with Crippen LogP contribution in [0.2, 0.25) is 0 Å². The molecule has 0 saturated heterocycles. The van der Waals surface area contributed by atoms with Crippen molar-refractivity contribution in [2.75, 3.05) is 27.2 Å². The summed E-state index contributed by atoms with van der Waals surface area (Å²) in [5.74, 6) is 1.82. The van der Waals surface area contributed by atoms with E-state index in [1.165, 1.54) is 0 Å². The van der Waals surface area contributed by atoms with Gasteiger partial charge in [0.2, 0.25) is 5.91 Å². The van der Waals surface area contributed by atoms with Gasteiger partial charge in [0.1, 0.15) is 11.5 Å². The smallest absolute Gasteiger partial charge is 0.223 e. The van der Waals surface area contributed by atoms with Gasteiger partial charge >= 0.3 is 0 Å². The monoisotopic (exact) mass is 295 g/mol. The van der Waals surface area contributed by atoms with Gasteiger partial charge in [0.25, 0.3) is 0 Å². The number of rotatable bonds is 8. The largest absolute Gasteiger partial charge is 0.464 e. The van der Waals surface area contributed by atoms with Crippen molar-refractivity contribution >= 4 is 5.91 Å². The first-order chi connectivity index (χ1) is 9.67. The summed E-state index contributed by atoms with van der Waals surface area (Å²) in [7, 11) is 4.01. The van der Waals surface area contributed by atoms with Gasteiger partial charge in [-0.3, -0.25) is 4.79 Å². The van der Waals surface area contributed by atoms with Crippen LogP contribution < -0.4 is 5.73 Å². The Kier molecular flexibility index (Phi) is 6.42. The molecule has 0 aliphatic heterocycles. The molecule has 0 spiro atoms. The van der Waals surface area contributed by atoms with E-state index in [1.54, 1.807) is 0 Å². The third kappa shape index (κ3) is 7.29. The van der Waals surface area contributed by atoms with Crippen LogP contribution in [0.3, 0.4) is 0 Å². The molecule has 0 atom stereocenters. The van der Waals surface area contributed by atoms with Crippen molar-refractivity contribution in [2.45, 2.75) is 45.7 Å². The third-order valence-corrected chi connectivity index (χ3v) is 3.30. The first kappa shape index (κ1) is 17.7. The van der Waals surface area contributed by atoms with Crippen LogP contribution in [0.25, 0.3) is 0 Å². The Morgan fingerprint density at radius 1 is 1.29 bits per heavy atom. The summed E-state index contributed by atoms with van der Waals surface area (Å²) < 4.78 is 5.58. The number of hydrogen-bond donors (Lipinski definition) is 1. The summed E-state index contributed by atoms with van der Waals surface area (Å²) >= 11 is 0. The Morgan fingerprint density at radius 2 is 1.95 bits per heavy atom. The molecule has 1 amide bonds. The number of amides is 1. The van der Waals surface area contributed by atoms with Gasteiger partial charge in [-0.05, 0) is 53.4 Å². The molecule has 0 radical (unpaired) electrons. The van der Waals surface area contributed by atoms with E-state index in [9.17, 15) is 4.79 Å². The summed E-state index contributed by atoms with van der Waals surface area (Å²) in [5.41, 5.74) is 5.65. The lowest BCUT2D eigenvalue weighted by Crippen LogP contribution is -2.38. The molecular weight excluding hydrogens is 266 g/mol. The van der Waals surface area contributed by atoms with Gasteiger partial charge in [-0.25, -0.2) is 0 Å². The number of carbonyl (C=O) groups excluding carboxylic acids is 1. The van der Waals surface area contributed by atoms with Crippen LogP contribution in [-0.4, -0.2) is 48.4 Å². The average Bonchev–Trinajstić information content (AvgIpc) is 2.76. The molecule has 2 N–H and O–H groups in total. The second kappa shape index (κ2) is 7.61. The topological polar surface area (TPSA) is 62.7 Å². The molecule has 5 heteroatoms. The Labute approximate surface area is 128 Å². The maximum absolute atomic E-state index is 12.4. The zero-order valence-corrected chi connectivity index (χ0v) is 14.0. The van der Waals surface area contributed by atoms with Crippen LogP contribution in [-0.2, 0) is 11.3 Å². The van der Waals surface area contributed by atoms with Crippen LogP contribution >= 0.6 is 0 Å². The van der Waals surface area contributed by atoms with Crippen molar-refractivity contribution in [3.05, 3.63) is 23.7 Å². The van der Waals surface area contributed by atoms with Crippen molar-refractivity contribution in [1.82, 2.24) is 9.80 Å². The van der Waals surface area contributed by atoms with E-state index in [2.05, 4.69) is 4.90 Å². The molecule has 0 aliphatic carbocycles. The van der Waals surface area contributed by atoms with Crippen LogP contribution in [0.1, 0.15) is 38.2 Å². The fraction of sp³-hybridized carbons (Fsp3) is 0.688. The lowest BCUT2D eigenvalue weighted by Gasteiger charge is -2.25. The number of nitrogens with two attached hydrogens (primary N) is 1. The molecular formula is C16H29N3O2. The minimum atomic E-state index is -0.315. The quantitative estimate of drug-likeness (QED) is 0.797. The SMILES string of the molecule is Cc1ccc(CN(CCN(C)C)C(=O)CCC(C)(C)N)o1. The summed E-state index contributed by atoms with van der Waals surface area (Å²) in [6.07, 6.45) is 1.15. The van der Waals surface area contributed by atoms with E-state index in [0.29, 0.717) is 25.9 Å². The van der Waals surface area contributed by atoms with Gasteiger partial charge < -0.3 is 20.0 Å². The van der Waals surface area contributed by atoms with Crippen molar-refractivity contribution in [2.24, 2.45) is 5.73 Å². The van der Waals surface area contributed by atoms with Crippen molar-refractivity contribution < 1.29 is 9.21 Å². The highest BCUT2D eigenvalue weighted by Gasteiger charge is 2.19. The summed E-state index contributed by atoms with van der Waals surface area (Å²) in [5, 5.41) is 0. The molecule has 21 heavy (non-hydrogen) atoms. The normalized spacial score (nSPS) is 12.0. The zero-order valence-electron chi connectivity index (χ0n) is 14.0. The first-order valence-corrected chi connectivity index (χ1v) is 7.44. The fourth-order valence-electron chi connectivity index (χ4n) is 1.96. The third-order valence-electron chi connectivity index (χ3n) is 3.30. The van der Waals surface area contributed by atoms with Gasteiger partial charge in [0, 0.05) is 25.0 Å². The maximum atomic E-state index is 12.4. The number of aryl methyl sites for hydroxylation is 1. The van der Waals surface area contributed by atoms with E-state index in [0.717, 1.165) is 18.1 Å². The van der Waals surface area contributed by atoms with Crippen LogP contribution in [0.15, 0.2) is 16.5 Å². The van der Waals surface area contributed by atoms with E-state index >= 15 is 0 Å². The van der Waals surface area contributed by atoms with Crippen molar-refractivity contribution in [3.63, 3.8) is 0 Å². The molecule has 0 aromatic carbocycles. The lowest BCUT2D eigenvalue weighted by atomic mass is 9.99. The minimum Gasteiger partial charge on any atom is -0.464 e. The number of furan rings is 1. The van der Waals surface area contributed by atoms with E-state index in [-0.39, 0.29) is 11.4 Å². The lowest BCUT2D eigenvalue weighted by molar-refractivity contribution is -0.132. The van der Waals surface area contributed by atoms with E-state index in [1.807, 2.05) is 51.9 Å². The summed E-state index contributed by atoms with van der Waals surface area (Å²) in [4.78, 5) is 16.3. The van der Waals surface area contributed by atoms with Gasteiger partial charge in [-0.2, -0.15) is 0 Å². The van der Waals surface area contributed by atoms with Gasteiger partial charge in [0.15, 0.2) is 0 Å². The van der Waals surface area contributed by atoms with Crippen LogP contribution in [0, 0.1) is 6.92 Å². The highest BCUT2D eigenvalue weighted by Crippen LogP contribution is 2.13. The van der Waals surface area contributed by atoms with Crippen LogP contribution in [0.4, 0.5) is 0 Å². The highest BCUT2D eigenvalue weighted by atomic mass is 16.3. The molecule has 0 fully saturated rings. The highest BCUT2D eigenvalue weighted by molar-refractivity contribution is 5.76. The molecule has 0 bridgehead atoms.